The van der Waals surface area contributed by atoms with Crippen molar-refractivity contribution in [2.24, 2.45) is 5.92 Å². The smallest absolute Gasteiger partial charge is 0.228 e. The van der Waals surface area contributed by atoms with Gasteiger partial charge in [-0.3, -0.25) is 9.59 Å². The van der Waals surface area contributed by atoms with Gasteiger partial charge in [-0.15, -0.1) is 0 Å². The Labute approximate surface area is 210 Å². The summed E-state index contributed by atoms with van der Waals surface area (Å²) in [4.78, 5) is 40.8. The molecule has 1 atom stereocenters. The SMILES string of the molecule is COc1ccc(Nc2cc(C)nc(N3CCN(C(=O)C4CC(=O)N(c5ccccc5)C4)CC3)n2)cc1. The number of aromatic nitrogens is 2. The summed E-state index contributed by atoms with van der Waals surface area (Å²) in [7, 11) is 1.64. The number of para-hydroxylation sites is 1. The van der Waals surface area contributed by atoms with Gasteiger partial charge < -0.3 is 24.8 Å². The molecule has 0 bridgehead atoms. The van der Waals surface area contributed by atoms with Crippen LogP contribution in [0.3, 0.4) is 0 Å². The number of ether oxygens (including phenoxy) is 1. The maximum absolute atomic E-state index is 13.2. The number of amides is 2. The van der Waals surface area contributed by atoms with Gasteiger partial charge in [-0.1, -0.05) is 18.2 Å². The monoisotopic (exact) mass is 486 g/mol. The Hall–Kier alpha value is -4.14. The van der Waals surface area contributed by atoms with E-state index in [0.717, 1.165) is 22.8 Å². The van der Waals surface area contributed by atoms with Crippen molar-refractivity contribution in [3.63, 3.8) is 0 Å². The van der Waals surface area contributed by atoms with Crippen LogP contribution in [-0.4, -0.2) is 66.5 Å². The highest BCUT2D eigenvalue weighted by atomic mass is 16.5. The summed E-state index contributed by atoms with van der Waals surface area (Å²) in [5.74, 6) is 1.90. The molecule has 0 radical (unpaired) electrons. The van der Waals surface area contributed by atoms with Crippen LogP contribution >= 0.6 is 0 Å². The number of piperazine rings is 1. The van der Waals surface area contributed by atoms with Crippen molar-refractivity contribution in [2.45, 2.75) is 13.3 Å². The van der Waals surface area contributed by atoms with Crippen molar-refractivity contribution in [1.82, 2.24) is 14.9 Å². The maximum atomic E-state index is 13.2. The molecule has 3 heterocycles. The Kier molecular flexibility index (Phi) is 6.71. The molecule has 0 spiro atoms. The van der Waals surface area contributed by atoms with Crippen LogP contribution in [0.5, 0.6) is 5.75 Å². The number of nitrogens with zero attached hydrogens (tertiary/aromatic N) is 5. The number of rotatable bonds is 6. The van der Waals surface area contributed by atoms with Crippen LogP contribution < -0.4 is 19.9 Å². The summed E-state index contributed by atoms with van der Waals surface area (Å²) in [5, 5.41) is 3.33. The average molecular weight is 487 g/mol. The first-order valence-corrected chi connectivity index (χ1v) is 12.2. The van der Waals surface area contributed by atoms with E-state index in [1.54, 1.807) is 12.0 Å². The van der Waals surface area contributed by atoms with Gasteiger partial charge in [0.15, 0.2) is 0 Å². The summed E-state index contributed by atoms with van der Waals surface area (Å²) in [6.07, 6.45) is 0.259. The second kappa shape index (κ2) is 10.2. The van der Waals surface area contributed by atoms with Gasteiger partial charge in [0, 0.05) is 62.3 Å². The fourth-order valence-corrected chi connectivity index (χ4v) is 4.70. The van der Waals surface area contributed by atoms with Crippen molar-refractivity contribution in [1.29, 1.82) is 0 Å². The fourth-order valence-electron chi connectivity index (χ4n) is 4.70. The largest absolute Gasteiger partial charge is 0.497 e. The lowest BCUT2D eigenvalue weighted by atomic mass is 10.1. The van der Waals surface area contributed by atoms with Crippen molar-refractivity contribution in [3.8, 4) is 5.75 Å². The molecule has 5 rings (SSSR count). The molecule has 9 nitrogen and oxygen atoms in total. The number of methoxy groups -OCH3 is 1. The van der Waals surface area contributed by atoms with Gasteiger partial charge in [0.1, 0.15) is 11.6 Å². The molecule has 2 aliphatic heterocycles. The number of aryl methyl sites for hydroxylation is 1. The first-order chi connectivity index (χ1) is 17.5. The zero-order valence-electron chi connectivity index (χ0n) is 20.6. The van der Waals surface area contributed by atoms with Gasteiger partial charge in [0.05, 0.1) is 13.0 Å². The van der Waals surface area contributed by atoms with E-state index in [0.29, 0.717) is 44.5 Å². The minimum Gasteiger partial charge on any atom is -0.497 e. The maximum Gasteiger partial charge on any atom is 0.228 e. The summed E-state index contributed by atoms with van der Waals surface area (Å²) in [5.41, 5.74) is 2.61. The molecule has 9 heteroatoms. The fraction of sp³-hybridized carbons (Fsp3) is 0.333. The van der Waals surface area contributed by atoms with E-state index in [4.69, 9.17) is 9.72 Å². The van der Waals surface area contributed by atoms with Gasteiger partial charge in [0.25, 0.3) is 0 Å². The Balaban J connectivity index is 1.20. The normalized spacial score (nSPS) is 17.9. The third-order valence-electron chi connectivity index (χ3n) is 6.62. The van der Waals surface area contributed by atoms with Gasteiger partial charge in [0.2, 0.25) is 17.8 Å². The van der Waals surface area contributed by atoms with Crippen molar-refractivity contribution >= 4 is 35.0 Å². The number of hydrogen-bond acceptors (Lipinski definition) is 7. The number of anilines is 4. The van der Waals surface area contributed by atoms with Crippen LogP contribution in [0, 0.1) is 12.8 Å². The molecular formula is C27H30N6O3. The molecule has 0 saturated carbocycles. The zero-order chi connectivity index (χ0) is 25.1. The molecule has 2 saturated heterocycles. The topological polar surface area (TPSA) is 90.9 Å². The third kappa shape index (κ3) is 5.10. The van der Waals surface area contributed by atoms with Gasteiger partial charge in [-0.05, 0) is 43.3 Å². The summed E-state index contributed by atoms with van der Waals surface area (Å²) >= 11 is 0. The lowest BCUT2D eigenvalue weighted by molar-refractivity contribution is -0.136. The molecule has 1 N–H and O–H groups in total. The van der Waals surface area contributed by atoms with Crippen molar-refractivity contribution in [2.75, 3.05) is 55.0 Å². The molecule has 36 heavy (non-hydrogen) atoms. The van der Waals surface area contributed by atoms with E-state index in [9.17, 15) is 9.59 Å². The van der Waals surface area contributed by atoms with Crippen LogP contribution in [0.1, 0.15) is 12.1 Å². The van der Waals surface area contributed by atoms with Crippen LogP contribution in [0.25, 0.3) is 0 Å². The number of carbonyl (C=O) groups is 2. The average Bonchev–Trinajstić information content (AvgIpc) is 3.30. The Morgan fingerprint density at radius 3 is 2.42 bits per heavy atom. The molecule has 2 amide bonds. The van der Waals surface area contributed by atoms with E-state index < -0.39 is 0 Å². The van der Waals surface area contributed by atoms with Gasteiger partial charge in [-0.2, -0.15) is 4.98 Å². The summed E-state index contributed by atoms with van der Waals surface area (Å²) < 4.78 is 5.22. The molecule has 2 aromatic carbocycles. The zero-order valence-corrected chi connectivity index (χ0v) is 20.6. The van der Waals surface area contributed by atoms with E-state index >= 15 is 0 Å². The van der Waals surface area contributed by atoms with Crippen molar-refractivity contribution < 1.29 is 14.3 Å². The molecule has 0 aliphatic carbocycles. The van der Waals surface area contributed by atoms with Gasteiger partial charge in [-0.25, -0.2) is 4.98 Å². The number of hydrogen-bond donors (Lipinski definition) is 1. The summed E-state index contributed by atoms with van der Waals surface area (Å²) in [6.45, 7) is 4.81. The highest BCUT2D eigenvalue weighted by Crippen LogP contribution is 2.27. The molecule has 2 aliphatic rings. The van der Waals surface area contributed by atoms with E-state index in [-0.39, 0.29) is 24.2 Å². The quantitative estimate of drug-likeness (QED) is 0.572. The van der Waals surface area contributed by atoms with E-state index in [2.05, 4.69) is 15.2 Å². The number of carbonyl (C=O) groups excluding carboxylic acids is 2. The van der Waals surface area contributed by atoms with Crippen LogP contribution in [0.4, 0.5) is 23.1 Å². The molecule has 1 aromatic heterocycles. The van der Waals surface area contributed by atoms with E-state index in [1.165, 1.54) is 0 Å². The molecule has 2 fully saturated rings. The number of benzene rings is 2. The van der Waals surface area contributed by atoms with Crippen LogP contribution in [-0.2, 0) is 9.59 Å². The van der Waals surface area contributed by atoms with Crippen molar-refractivity contribution in [3.05, 3.63) is 66.4 Å². The minimum absolute atomic E-state index is 0.00300. The first kappa shape index (κ1) is 23.6. The van der Waals surface area contributed by atoms with Crippen LogP contribution in [0.2, 0.25) is 0 Å². The summed E-state index contributed by atoms with van der Waals surface area (Å²) in [6, 6.07) is 19.1. The minimum atomic E-state index is -0.306. The lowest BCUT2D eigenvalue weighted by Crippen LogP contribution is -2.51. The Morgan fingerprint density at radius 2 is 1.72 bits per heavy atom. The highest BCUT2D eigenvalue weighted by Gasteiger charge is 2.38. The predicted octanol–water partition coefficient (Wildman–Crippen LogP) is 3.24. The first-order valence-electron chi connectivity index (χ1n) is 12.2. The molecule has 3 aromatic rings. The second-order valence-corrected chi connectivity index (χ2v) is 9.10. The highest BCUT2D eigenvalue weighted by molar-refractivity contribution is 6.00. The Bertz CT molecular complexity index is 1230. The second-order valence-electron chi connectivity index (χ2n) is 9.10. The lowest BCUT2D eigenvalue weighted by Gasteiger charge is -2.36. The predicted molar refractivity (Wildman–Crippen MR) is 139 cm³/mol. The third-order valence-corrected chi connectivity index (χ3v) is 6.62. The van der Waals surface area contributed by atoms with E-state index in [1.807, 2.05) is 72.5 Å². The standard InChI is InChI=1S/C27H30N6O3/c1-19-16-24(29-21-8-10-23(36-2)11-9-21)30-27(28-19)32-14-12-31(13-15-32)26(35)20-17-25(34)33(18-20)22-6-4-3-5-7-22/h3-11,16,20H,12-15,17-18H2,1-2H3,(H,28,29,30). The number of nitrogens with one attached hydrogen (secondary N) is 1. The molecular weight excluding hydrogens is 456 g/mol. The Morgan fingerprint density at radius 1 is 1.00 bits per heavy atom. The molecule has 186 valence electrons. The molecule has 1 unspecified atom stereocenters. The van der Waals surface area contributed by atoms with Gasteiger partial charge >= 0.3 is 0 Å². The van der Waals surface area contributed by atoms with Crippen LogP contribution in [0.15, 0.2) is 60.7 Å².